The summed E-state index contributed by atoms with van der Waals surface area (Å²) in [6, 6.07) is 0. The molecule has 0 aromatic carbocycles. The van der Waals surface area contributed by atoms with E-state index in [2.05, 4.69) is 4.98 Å². The Morgan fingerprint density at radius 2 is 2.15 bits per heavy atom. The summed E-state index contributed by atoms with van der Waals surface area (Å²) in [5.74, 6) is -0.119. The van der Waals surface area contributed by atoms with Gasteiger partial charge in [-0.1, -0.05) is 0 Å². The third-order valence-corrected chi connectivity index (χ3v) is 4.84. The second-order valence-electron chi connectivity index (χ2n) is 6.44. The van der Waals surface area contributed by atoms with Gasteiger partial charge in [0.2, 0.25) is 0 Å². The summed E-state index contributed by atoms with van der Waals surface area (Å²) in [5, 5.41) is 9.36. The van der Waals surface area contributed by atoms with E-state index in [1.54, 1.807) is 17.0 Å². The molecule has 0 saturated heterocycles. The molecule has 0 aliphatic heterocycles. The number of hydrogen-bond donors (Lipinski definition) is 1. The van der Waals surface area contributed by atoms with Crippen LogP contribution < -0.4 is 5.56 Å². The average molecular weight is 296 g/mol. The molecule has 2 rings (SSSR count). The van der Waals surface area contributed by atoms with Crippen LogP contribution in [-0.2, 0) is 10.3 Å². The normalized spacial score (nSPS) is 16.9. The van der Waals surface area contributed by atoms with Crippen LogP contribution in [0.2, 0.25) is 0 Å². The first kappa shape index (κ1) is 15.1. The Morgan fingerprint density at radius 3 is 2.65 bits per heavy atom. The van der Waals surface area contributed by atoms with Crippen LogP contribution in [-0.4, -0.2) is 26.4 Å². The van der Waals surface area contributed by atoms with Crippen LogP contribution in [0.3, 0.4) is 0 Å². The first-order valence-electron chi connectivity index (χ1n) is 6.66. The maximum absolute atomic E-state index is 12.3. The zero-order valence-electron chi connectivity index (χ0n) is 12.0. The molecule has 0 spiro atoms. The number of rotatable bonds is 5. The van der Waals surface area contributed by atoms with Gasteiger partial charge in [0.1, 0.15) is 0 Å². The summed E-state index contributed by atoms with van der Waals surface area (Å²) < 4.78 is 1.67. The van der Waals surface area contributed by atoms with Crippen LogP contribution in [0.15, 0.2) is 22.2 Å². The molecular formula is C14H20N2O3S. The summed E-state index contributed by atoms with van der Waals surface area (Å²) in [4.78, 5) is 27.3. The summed E-state index contributed by atoms with van der Waals surface area (Å²) in [6.45, 7) is 5.90. The highest BCUT2D eigenvalue weighted by atomic mass is 32.2. The average Bonchev–Trinajstić information content (AvgIpc) is 3.05. The predicted octanol–water partition coefficient (Wildman–Crippen LogP) is 2.35. The van der Waals surface area contributed by atoms with Crippen molar-refractivity contribution in [3.63, 3.8) is 0 Å². The fourth-order valence-electron chi connectivity index (χ4n) is 2.11. The van der Waals surface area contributed by atoms with Crippen LogP contribution in [0.4, 0.5) is 0 Å². The zero-order valence-corrected chi connectivity index (χ0v) is 12.9. The molecular weight excluding hydrogens is 276 g/mol. The minimum absolute atomic E-state index is 0.101. The van der Waals surface area contributed by atoms with E-state index in [0.717, 1.165) is 12.8 Å². The van der Waals surface area contributed by atoms with E-state index in [0.29, 0.717) is 10.8 Å². The lowest BCUT2D eigenvalue weighted by Gasteiger charge is -2.22. The van der Waals surface area contributed by atoms with Gasteiger partial charge in [0.25, 0.3) is 5.56 Å². The van der Waals surface area contributed by atoms with Crippen molar-refractivity contribution in [2.75, 3.05) is 5.75 Å². The van der Waals surface area contributed by atoms with Crippen molar-refractivity contribution in [2.45, 2.75) is 50.6 Å². The molecule has 1 saturated carbocycles. The highest BCUT2D eigenvalue weighted by molar-refractivity contribution is 7.99. The van der Waals surface area contributed by atoms with Gasteiger partial charge >= 0.3 is 5.97 Å². The van der Waals surface area contributed by atoms with Crippen LogP contribution in [0, 0.1) is 5.41 Å². The topological polar surface area (TPSA) is 72.2 Å². The van der Waals surface area contributed by atoms with Crippen molar-refractivity contribution in [1.29, 1.82) is 0 Å². The van der Waals surface area contributed by atoms with Gasteiger partial charge in [0.05, 0.1) is 6.42 Å². The molecule has 0 atom stereocenters. The van der Waals surface area contributed by atoms with Crippen molar-refractivity contribution in [2.24, 2.45) is 5.41 Å². The molecule has 5 nitrogen and oxygen atoms in total. The molecule has 6 heteroatoms. The molecule has 0 amide bonds. The van der Waals surface area contributed by atoms with Gasteiger partial charge in [-0.05, 0) is 39.0 Å². The van der Waals surface area contributed by atoms with Gasteiger partial charge in [0.15, 0.2) is 5.03 Å². The molecule has 1 aromatic heterocycles. The van der Waals surface area contributed by atoms with Gasteiger partial charge in [-0.2, -0.15) is 0 Å². The Morgan fingerprint density at radius 1 is 1.50 bits per heavy atom. The van der Waals surface area contributed by atoms with Crippen molar-refractivity contribution in [3.05, 3.63) is 22.7 Å². The number of carbonyl (C=O) groups is 1. The number of hydrogen-bond acceptors (Lipinski definition) is 4. The van der Waals surface area contributed by atoms with Crippen LogP contribution in [0.25, 0.3) is 0 Å². The van der Waals surface area contributed by atoms with E-state index in [4.69, 9.17) is 5.11 Å². The van der Waals surface area contributed by atoms with E-state index in [9.17, 15) is 9.59 Å². The third-order valence-electron chi connectivity index (χ3n) is 3.53. The number of aromatic nitrogens is 2. The molecule has 1 aromatic rings. The molecule has 1 aliphatic rings. The highest BCUT2D eigenvalue weighted by Gasteiger charge is 2.44. The Balaban J connectivity index is 2.12. The summed E-state index contributed by atoms with van der Waals surface area (Å²) in [5.41, 5.74) is -0.517. The van der Waals surface area contributed by atoms with E-state index in [1.807, 2.05) is 20.8 Å². The zero-order chi connectivity index (χ0) is 15.0. The quantitative estimate of drug-likeness (QED) is 0.844. The SMILES string of the molecule is CC(C)(C)n1ccnc(SCC2(CC(=O)O)CC2)c1=O. The largest absolute Gasteiger partial charge is 0.481 e. The predicted molar refractivity (Wildman–Crippen MR) is 78.1 cm³/mol. The van der Waals surface area contributed by atoms with Gasteiger partial charge < -0.3 is 9.67 Å². The second kappa shape index (κ2) is 5.24. The Kier molecular flexibility index (Phi) is 3.95. The number of aliphatic carboxylic acids is 1. The van der Waals surface area contributed by atoms with Gasteiger partial charge in [-0.25, -0.2) is 4.98 Å². The van der Waals surface area contributed by atoms with Crippen molar-refractivity contribution >= 4 is 17.7 Å². The number of thioether (sulfide) groups is 1. The third kappa shape index (κ3) is 3.42. The maximum atomic E-state index is 12.3. The van der Waals surface area contributed by atoms with Crippen LogP contribution >= 0.6 is 11.8 Å². The van der Waals surface area contributed by atoms with Crippen molar-refractivity contribution in [1.82, 2.24) is 9.55 Å². The Hall–Kier alpha value is -1.30. The lowest BCUT2D eigenvalue weighted by atomic mass is 10.1. The Labute approximate surface area is 122 Å². The maximum Gasteiger partial charge on any atom is 0.303 e. The highest BCUT2D eigenvalue weighted by Crippen LogP contribution is 2.51. The smallest absolute Gasteiger partial charge is 0.303 e. The molecule has 0 bridgehead atoms. The number of carboxylic acids is 1. The summed E-state index contributed by atoms with van der Waals surface area (Å²) in [7, 11) is 0. The molecule has 110 valence electrons. The second-order valence-corrected chi connectivity index (χ2v) is 7.40. The van der Waals surface area contributed by atoms with Crippen LogP contribution in [0.5, 0.6) is 0 Å². The molecule has 0 unspecified atom stereocenters. The van der Waals surface area contributed by atoms with Gasteiger partial charge in [-0.3, -0.25) is 9.59 Å². The fourth-order valence-corrected chi connectivity index (χ4v) is 3.30. The van der Waals surface area contributed by atoms with E-state index >= 15 is 0 Å². The van der Waals surface area contributed by atoms with E-state index < -0.39 is 5.97 Å². The standard InChI is InChI=1S/C14H20N2O3S/c1-13(2,3)16-7-6-15-11(12(16)19)20-9-14(4-5-14)8-10(17)18/h6-7H,4-5,8-9H2,1-3H3,(H,17,18). The van der Waals surface area contributed by atoms with Gasteiger partial charge in [0, 0.05) is 23.7 Å². The summed E-state index contributed by atoms with van der Waals surface area (Å²) >= 11 is 1.38. The fraction of sp³-hybridized carbons (Fsp3) is 0.643. The minimum Gasteiger partial charge on any atom is -0.481 e. The van der Waals surface area contributed by atoms with E-state index in [-0.39, 0.29) is 22.9 Å². The lowest BCUT2D eigenvalue weighted by Crippen LogP contribution is -2.34. The molecule has 1 heterocycles. The molecule has 20 heavy (non-hydrogen) atoms. The monoisotopic (exact) mass is 296 g/mol. The minimum atomic E-state index is -0.767. The molecule has 0 radical (unpaired) electrons. The first-order chi connectivity index (χ1) is 9.23. The summed E-state index contributed by atoms with van der Waals surface area (Å²) in [6.07, 6.45) is 5.35. The van der Waals surface area contributed by atoms with Gasteiger partial charge in [-0.15, -0.1) is 11.8 Å². The van der Waals surface area contributed by atoms with Crippen LogP contribution in [0.1, 0.15) is 40.0 Å². The molecule has 1 fully saturated rings. The molecule has 1 aliphatic carbocycles. The van der Waals surface area contributed by atoms with Crippen molar-refractivity contribution < 1.29 is 9.90 Å². The first-order valence-corrected chi connectivity index (χ1v) is 7.65. The van der Waals surface area contributed by atoms with E-state index in [1.165, 1.54) is 11.8 Å². The number of nitrogens with zero attached hydrogens (tertiary/aromatic N) is 2. The lowest BCUT2D eigenvalue weighted by molar-refractivity contribution is -0.138. The number of carboxylic acid groups (broad SMARTS) is 1. The Bertz CT molecular complexity index is 571. The van der Waals surface area contributed by atoms with Crippen molar-refractivity contribution in [3.8, 4) is 0 Å². The molecule has 1 N–H and O–H groups in total.